The van der Waals surface area contributed by atoms with Gasteiger partial charge in [-0.2, -0.15) is 0 Å². The molecule has 1 amide bonds. The van der Waals surface area contributed by atoms with Gasteiger partial charge in [-0.1, -0.05) is 6.07 Å². The minimum atomic E-state index is 0.00483. The summed E-state index contributed by atoms with van der Waals surface area (Å²) in [5.74, 6) is 0.610. The Balaban J connectivity index is 1.61. The van der Waals surface area contributed by atoms with E-state index in [-0.39, 0.29) is 12.0 Å². The van der Waals surface area contributed by atoms with Crippen molar-refractivity contribution in [1.29, 1.82) is 0 Å². The fraction of sp³-hybridized carbons (Fsp3) is 0.267. The number of pyridine rings is 2. The van der Waals surface area contributed by atoms with E-state index in [0.717, 1.165) is 6.42 Å². The molecule has 5 nitrogen and oxygen atoms in total. The molecule has 2 aromatic heterocycles. The largest absolute Gasteiger partial charge is 0.472 e. The molecule has 0 radical (unpaired) electrons. The summed E-state index contributed by atoms with van der Waals surface area (Å²) in [5, 5.41) is 0. The van der Waals surface area contributed by atoms with Crippen LogP contribution in [0.5, 0.6) is 5.88 Å². The number of hydrogen-bond acceptors (Lipinski definition) is 4. The molecule has 5 heteroatoms. The van der Waals surface area contributed by atoms with Gasteiger partial charge in [0.15, 0.2) is 0 Å². The summed E-state index contributed by atoms with van der Waals surface area (Å²) in [6.45, 7) is 1.29. The van der Waals surface area contributed by atoms with E-state index in [2.05, 4.69) is 9.97 Å². The number of ether oxygens (including phenoxy) is 1. The zero-order valence-electron chi connectivity index (χ0n) is 11.0. The van der Waals surface area contributed by atoms with Gasteiger partial charge < -0.3 is 9.64 Å². The van der Waals surface area contributed by atoms with E-state index in [1.165, 1.54) is 0 Å². The lowest BCUT2D eigenvalue weighted by atomic mass is 10.2. The highest BCUT2D eigenvalue weighted by Crippen LogP contribution is 2.17. The summed E-state index contributed by atoms with van der Waals surface area (Å²) in [6.07, 6.45) is 5.78. The van der Waals surface area contributed by atoms with Crippen molar-refractivity contribution < 1.29 is 9.53 Å². The van der Waals surface area contributed by atoms with Crippen LogP contribution in [-0.2, 0) is 0 Å². The molecule has 0 N–H and O–H groups in total. The Hall–Kier alpha value is -2.43. The van der Waals surface area contributed by atoms with Crippen molar-refractivity contribution in [3.8, 4) is 5.88 Å². The van der Waals surface area contributed by atoms with Crippen LogP contribution in [0.4, 0.5) is 0 Å². The number of aromatic nitrogens is 2. The molecule has 102 valence electrons. The third kappa shape index (κ3) is 2.77. The summed E-state index contributed by atoms with van der Waals surface area (Å²) in [5.41, 5.74) is 0.617. The smallest absolute Gasteiger partial charge is 0.255 e. The molecule has 1 aliphatic rings. The van der Waals surface area contributed by atoms with Gasteiger partial charge in [-0.3, -0.25) is 9.78 Å². The Bertz CT molecular complexity index is 574. The fourth-order valence-electron chi connectivity index (χ4n) is 2.27. The average molecular weight is 269 g/mol. The van der Waals surface area contributed by atoms with Gasteiger partial charge in [0.25, 0.3) is 5.91 Å². The highest BCUT2D eigenvalue weighted by Gasteiger charge is 2.28. The second-order valence-electron chi connectivity index (χ2n) is 4.69. The molecule has 0 bridgehead atoms. The van der Waals surface area contributed by atoms with Crippen LogP contribution in [-0.4, -0.2) is 40.0 Å². The van der Waals surface area contributed by atoms with E-state index in [9.17, 15) is 4.79 Å². The molecule has 1 saturated heterocycles. The predicted octanol–water partition coefficient (Wildman–Crippen LogP) is 1.77. The Labute approximate surface area is 117 Å². The second kappa shape index (κ2) is 5.69. The molecule has 1 aliphatic heterocycles. The van der Waals surface area contributed by atoms with E-state index >= 15 is 0 Å². The summed E-state index contributed by atoms with van der Waals surface area (Å²) < 4.78 is 5.77. The van der Waals surface area contributed by atoms with Crippen molar-refractivity contribution >= 4 is 5.91 Å². The topological polar surface area (TPSA) is 55.3 Å². The maximum absolute atomic E-state index is 12.3. The van der Waals surface area contributed by atoms with Gasteiger partial charge in [0, 0.05) is 37.6 Å². The number of amides is 1. The number of carbonyl (C=O) groups excluding carboxylic acids is 1. The summed E-state index contributed by atoms with van der Waals surface area (Å²) in [6, 6.07) is 9.11. The Morgan fingerprint density at radius 1 is 1.25 bits per heavy atom. The van der Waals surface area contributed by atoms with Gasteiger partial charge in [0.05, 0.1) is 12.1 Å². The molecule has 20 heavy (non-hydrogen) atoms. The molecule has 2 aromatic rings. The van der Waals surface area contributed by atoms with Crippen LogP contribution in [0.1, 0.15) is 16.8 Å². The maximum Gasteiger partial charge on any atom is 0.255 e. The SMILES string of the molecule is O=C(c1cccnc1)N1CCC(Oc2ccccn2)C1. The minimum absolute atomic E-state index is 0.00483. The molecular weight excluding hydrogens is 254 g/mol. The van der Waals surface area contributed by atoms with E-state index in [0.29, 0.717) is 24.5 Å². The third-order valence-corrected chi connectivity index (χ3v) is 3.27. The monoisotopic (exact) mass is 269 g/mol. The minimum Gasteiger partial charge on any atom is -0.472 e. The summed E-state index contributed by atoms with van der Waals surface area (Å²) >= 11 is 0. The van der Waals surface area contributed by atoms with Crippen molar-refractivity contribution in [3.63, 3.8) is 0 Å². The standard InChI is InChI=1S/C15H15N3O2/c19-15(12-4-3-7-16-10-12)18-9-6-13(11-18)20-14-5-1-2-8-17-14/h1-5,7-8,10,13H,6,9,11H2. The van der Waals surface area contributed by atoms with Gasteiger partial charge in [-0.05, 0) is 18.2 Å². The third-order valence-electron chi connectivity index (χ3n) is 3.27. The molecule has 0 spiro atoms. The van der Waals surface area contributed by atoms with E-state index in [4.69, 9.17) is 4.74 Å². The number of nitrogens with zero attached hydrogens (tertiary/aromatic N) is 3. The molecule has 1 atom stereocenters. The van der Waals surface area contributed by atoms with Crippen LogP contribution in [0.3, 0.4) is 0 Å². The second-order valence-corrected chi connectivity index (χ2v) is 4.69. The summed E-state index contributed by atoms with van der Waals surface area (Å²) in [7, 11) is 0. The van der Waals surface area contributed by atoms with E-state index in [1.54, 1.807) is 35.6 Å². The van der Waals surface area contributed by atoms with Crippen LogP contribution in [0.2, 0.25) is 0 Å². The van der Waals surface area contributed by atoms with Gasteiger partial charge in [0.2, 0.25) is 5.88 Å². The first kappa shape index (κ1) is 12.6. The molecule has 3 rings (SSSR count). The predicted molar refractivity (Wildman–Crippen MR) is 73.4 cm³/mol. The van der Waals surface area contributed by atoms with Crippen molar-refractivity contribution in [1.82, 2.24) is 14.9 Å². The van der Waals surface area contributed by atoms with Crippen LogP contribution in [0.15, 0.2) is 48.9 Å². The van der Waals surface area contributed by atoms with Crippen molar-refractivity contribution in [2.45, 2.75) is 12.5 Å². The molecule has 1 unspecified atom stereocenters. The van der Waals surface area contributed by atoms with Crippen LogP contribution < -0.4 is 4.74 Å². The van der Waals surface area contributed by atoms with Crippen molar-refractivity contribution in [2.75, 3.05) is 13.1 Å². The van der Waals surface area contributed by atoms with E-state index < -0.39 is 0 Å². The Kier molecular flexibility index (Phi) is 3.58. The number of rotatable bonds is 3. The zero-order valence-corrected chi connectivity index (χ0v) is 11.0. The molecule has 0 aromatic carbocycles. The van der Waals surface area contributed by atoms with Crippen LogP contribution >= 0.6 is 0 Å². The number of likely N-dealkylation sites (tertiary alicyclic amines) is 1. The van der Waals surface area contributed by atoms with Gasteiger partial charge >= 0.3 is 0 Å². The van der Waals surface area contributed by atoms with E-state index in [1.807, 2.05) is 18.2 Å². The average Bonchev–Trinajstić information content (AvgIpc) is 2.97. The van der Waals surface area contributed by atoms with Crippen molar-refractivity contribution in [3.05, 3.63) is 54.5 Å². The fourth-order valence-corrected chi connectivity index (χ4v) is 2.27. The van der Waals surface area contributed by atoms with Crippen molar-refractivity contribution in [2.24, 2.45) is 0 Å². The Morgan fingerprint density at radius 2 is 2.20 bits per heavy atom. The molecule has 0 aliphatic carbocycles. The molecule has 3 heterocycles. The lowest BCUT2D eigenvalue weighted by Gasteiger charge is -2.16. The number of carbonyl (C=O) groups is 1. The lowest BCUT2D eigenvalue weighted by Crippen LogP contribution is -2.31. The van der Waals surface area contributed by atoms with Gasteiger partial charge in [0.1, 0.15) is 6.10 Å². The molecule has 0 saturated carbocycles. The maximum atomic E-state index is 12.3. The molecule has 1 fully saturated rings. The highest BCUT2D eigenvalue weighted by molar-refractivity contribution is 5.94. The number of hydrogen-bond donors (Lipinski definition) is 0. The van der Waals surface area contributed by atoms with Gasteiger partial charge in [-0.15, -0.1) is 0 Å². The first-order valence-corrected chi connectivity index (χ1v) is 6.60. The quantitative estimate of drug-likeness (QED) is 0.852. The molecular formula is C15H15N3O2. The van der Waals surface area contributed by atoms with Crippen LogP contribution in [0, 0.1) is 0 Å². The van der Waals surface area contributed by atoms with Crippen LogP contribution in [0.25, 0.3) is 0 Å². The lowest BCUT2D eigenvalue weighted by molar-refractivity contribution is 0.0771. The van der Waals surface area contributed by atoms with Gasteiger partial charge in [-0.25, -0.2) is 4.98 Å². The first-order valence-electron chi connectivity index (χ1n) is 6.60. The Morgan fingerprint density at radius 3 is 2.95 bits per heavy atom. The highest BCUT2D eigenvalue weighted by atomic mass is 16.5. The first-order chi connectivity index (χ1) is 9.83. The summed E-state index contributed by atoms with van der Waals surface area (Å²) in [4.78, 5) is 22.2. The normalized spacial score (nSPS) is 18.0. The zero-order chi connectivity index (χ0) is 13.8.